The van der Waals surface area contributed by atoms with E-state index in [1.165, 1.54) is 0 Å². The molecule has 1 aromatic carbocycles. The van der Waals surface area contributed by atoms with Crippen molar-refractivity contribution in [2.75, 3.05) is 0 Å². The van der Waals surface area contributed by atoms with Crippen LogP contribution in [0.2, 0.25) is 0 Å². The maximum Gasteiger partial charge on any atom is 0.197 e. The van der Waals surface area contributed by atoms with E-state index in [1.54, 1.807) is 0 Å². The number of fused-ring (bicyclic) bond motifs is 1. The minimum atomic E-state index is -1.78. The zero-order valence-electron chi connectivity index (χ0n) is 7.08. The van der Waals surface area contributed by atoms with Crippen LogP contribution in [-0.2, 0) is 6.42 Å². The molecule has 1 atom stereocenters. The highest BCUT2D eigenvalue weighted by molar-refractivity contribution is 5.38. The molecule has 0 aliphatic heterocycles. The molecule has 0 radical (unpaired) electrons. The molecule has 0 saturated heterocycles. The van der Waals surface area contributed by atoms with E-state index >= 15 is 0 Å². The van der Waals surface area contributed by atoms with Gasteiger partial charge in [-0.1, -0.05) is 0 Å². The lowest BCUT2D eigenvalue weighted by Gasteiger charge is -2.08. The van der Waals surface area contributed by atoms with Gasteiger partial charge >= 0.3 is 0 Å². The lowest BCUT2D eigenvalue weighted by molar-refractivity contribution is 0.400. The first-order chi connectivity index (χ1) is 6.54. The Bertz CT molecular complexity index is 403. The minimum Gasteiger partial charge on any atom is -0.324 e. The number of benzene rings is 1. The van der Waals surface area contributed by atoms with Crippen molar-refractivity contribution in [1.29, 1.82) is 0 Å². The number of hydrogen-bond donors (Lipinski definition) is 1. The number of hydrogen-bond acceptors (Lipinski definition) is 1. The summed E-state index contributed by atoms with van der Waals surface area (Å²) in [6.07, 6.45) is 0.461. The van der Waals surface area contributed by atoms with Crippen LogP contribution in [0.1, 0.15) is 23.6 Å². The molecule has 0 saturated carbocycles. The third-order valence-electron chi connectivity index (χ3n) is 2.48. The van der Waals surface area contributed by atoms with E-state index in [2.05, 4.69) is 0 Å². The average Bonchev–Trinajstić information content (AvgIpc) is 2.54. The van der Waals surface area contributed by atoms with Gasteiger partial charge in [-0.15, -0.1) is 0 Å². The molecule has 0 spiro atoms. The molecule has 14 heavy (non-hydrogen) atoms. The monoisotopic (exact) mass is 205 g/mol. The Balaban J connectivity index is 2.77. The molecule has 0 fully saturated rings. The lowest BCUT2D eigenvalue weighted by atomic mass is 10.1. The van der Waals surface area contributed by atoms with Gasteiger partial charge in [0.05, 0.1) is 0 Å². The first-order valence-electron chi connectivity index (χ1n) is 4.14. The molecule has 1 aliphatic rings. The molecule has 5 heteroatoms. The van der Waals surface area contributed by atoms with E-state index in [0.29, 0.717) is 6.42 Å². The van der Waals surface area contributed by atoms with Crippen molar-refractivity contribution in [3.63, 3.8) is 0 Å². The Hall–Kier alpha value is -1.10. The summed E-state index contributed by atoms with van der Waals surface area (Å²) >= 11 is 0. The molecule has 0 heterocycles. The molecule has 2 rings (SSSR count). The SMILES string of the molecule is N[C@@H]1CCc2c(F)c(F)c(F)c(F)c21. The largest absolute Gasteiger partial charge is 0.324 e. The maximum atomic E-state index is 13.1. The Kier molecular flexibility index (Phi) is 1.99. The van der Waals surface area contributed by atoms with E-state index < -0.39 is 29.3 Å². The molecule has 1 nitrogen and oxygen atoms in total. The van der Waals surface area contributed by atoms with E-state index in [1.807, 2.05) is 0 Å². The van der Waals surface area contributed by atoms with Crippen molar-refractivity contribution in [3.8, 4) is 0 Å². The normalized spacial score (nSPS) is 19.9. The lowest BCUT2D eigenvalue weighted by Crippen LogP contribution is -2.11. The van der Waals surface area contributed by atoms with Gasteiger partial charge in [-0.25, -0.2) is 17.6 Å². The Morgan fingerprint density at radius 2 is 1.50 bits per heavy atom. The van der Waals surface area contributed by atoms with Crippen molar-refractivity contribution in [2.24, 2.45) is 5.73 Å². The van der Waals surface area contributed by atoms with Gasteiger partial charge in [-0.05, 0) is 18.4 Å². The van der Waals surface area contributed by atoms with Gasteiger partial charge in [0.25, 0.3) is 0 Å². The third kappa shape index (κ3) is 1.05. The second kappa shape index (κ2) is 2.95. The van der Waals surface area contributed by atoms with Crippen LogP contribution in [-0.4, -0.2) is 0 Å². The number of halogens is 4. The van der Waals surface area contributed by atoms with E-state index in [-0.39, 0.29) is 17.5 Å². The van der Waals surface area contributed by atoms with Gasteiger partial charge in [0.1, 0.15) is 0 Å². The highest BCUT2D eigenvalue weighted by atomic mass is 19.2. The molecule has 1 aliphatic carbocycles. The molecule has 0 bridgehead atoms. The first kappa shape index (κ1) is 9.45. The fraction of sp³-hybridized carbons (Fsp3) is 0.333. The third-order valence-corrected chi connectivity index (χ3v) is 2.48. The summed E-state index contributed by atoms with van der Waals surface area (Å²) in [6, 6.07) is -0.741. The minimum absolute atomic E-state index is 0.131. The zero-order chi connectivity index (χ0) is 10.5. The van der Waals surface area contributed by atoms with Crippen LogP contribution >= 0.6 is 0 Å². The fourth-order valence-corrected chi connectivity index (χ4v) is 1.77. The smallest absolute Gasteiger partial charge is 0.197 e. The Labute approximate surface area is 77.5 Å². The molecule has 2 N–H and O–H groups in total. The summed E-state index contributed by atoms with van der Waals surface area (Å²) in [6.45, 7) is 0. The van der Waals surface area contributed by atoms with E-state index in [4.69, 9.17) is 5.73 Å². The predicted octanol–water partition coefficient (Wildman–Crippen LogP) is 2.19. The number of rotatable bonds is 0. The summed E-state index contributed by atoms with van der Waals surface area (Å²) in [5.74, 6) is -6.20. The maximum absolute atomic E-state index is 13.1. The summed E-state index contributed by atoms with van der Waals surface area (Å²) in [5.41, 5.74) is 5.09. The predicted molar refractivity (Wildman–Crippen MR) is 41.5 cm³/mol. The average molecular weight is 205 g/mol. The number of nitrogens with two attached hydrogens (primary N) is 1. The van der Waals surface area contributed by atoms with Gasteiger partial charge in [0.15, 0.2) is 23.3 Å². The van der Waals surface area contributed by atoms with E-state index in [0.717, 1.165) is 0 Å². The quantitative estimate of drug-likeness (QED) is 0.392. The second-order valence-electron chi connectivity index (χ2n) is 3.29. The molecule has 0 amide bonds. The van der Waals surface area contributed by atoms with Crippen LogP contribution < -0.4 is 5.73 Å². The van der Waals surface area contributed by atoms with Crippen LogP contribution in [0, 0.1) is 23.3 Å². The fourth-order valence-electron chi connectivity index (χ4n) is 1.77. The highest BCUT2D eigenvalue weighted by Crippen LogP contribution is 2.35. The van der Waals surface area contributed by atoms with Crippen LogP contribution in [0.15, 0.2) is 0 Å². The summed E-state index contributed by atoms with van der Waals surface area (Å²) < 4.78 is 51.7. The van der Waals surface area contributed by atoms with Gasteiger partial charge in [0, 0.05) is 11.6 Å². The topological polar surface area (TPSA) is 26.0 Å². The molecular weight excluding hydrogens is 198 g/mol. The van der Waals surface area contributed by atoms with Gasteiger partial charge in [0.2, 0.25) is 0 Å². The first-order valence-corrected chi connectivity index (χ1v) is 4.14. The Morgan fingerprint density at radius 1 is 0.929 bits per heavy atom. The van der Waals surface area contributed by atoms with Crippen molar-refractivity contribution in [3.05, 3.63) is 34.4 Å². The van der Waals surface area contributed by atoms with Gasteiger partial charge in [-0.2, -0.15) is 0 Å². The standard InChI is InChI=1S/C9H7F4N/c10-6-3-1-2-4(14)5(3)7(11)9(13)8(6)12/h4H,1-2,14H2/t4-/m1/s1. The van der Waals surface area contributed by atoms with Crippen LogP contribution in [0.25, 0.3) is 0 Å². The second-order valence-corrected chi connectivity index (χ2v) is 3.29. The van der Waals surface area contributed by atoms with Crippen molar-refractivity contribution in [2.45, 2.75) is 18.9 Å². The van der Waals surface area contributed by atoms with Crippen LogP contribution in [0.4, 0.5) is 17.6 Å². The highest BCUT2D eigenvalue weighted by Gasteiger charge is 2.32. The van der Waals surface area contributed by atoms with Gasteiger partial charge in [-0.3, -0.25) is 0 Å². The van der Waals surface area contributed by atoms with E-state index in [9.17, 15) is 17.6 Å². The van der Waals surface area contributed by atoms with Crippen molar-refractivity contribution in [1.82, 2.24) is 0 Å². The van der Waals surface area contributed by atoms with Crippen LogP contribution in [0.3, 0.4) is 0 Å². The Morgan fingerprint density at radius 3 is 2.14 bits per heavy atom. The molecule has 0 unspecified atom stereocenters. The summed E-state index contributed by atoms with van der Waals surface area (Å²) in [5, 5.41) is 0. The summed E-state index contributed by atoms with van der Waals surface area (Å²) in [7, 11) is 0. The summed E-state index contributed by atoms with van der Waals surface area (Å²) in [4.78, 5) is 0. The molecular formula is C9H7F4N. The molecule has 0 aromatic heterocycles. The van der Waals surface area contributed by atoms with Crippen molar-refractivity contribution < 1.29 is 17.6 Å². The zero-order valence-corrected chi connectivity index (χ0v) is 7.08. The molecule has 76 valence electrons. The van der Waals surface area contributed by atoms with Gasteiger partial charge < -0.3 is 5.73 Å². The van der Waals surface area contributed by atoms with Crippen molar-refractivity contribution >= 4 is 0 Å². The van der Waals surface area contributed by atoms with Crippen LogP contribution in [0.5, 0.6) is 0 Å². The molecule has 1 aromatic rings.